The van der Waals surface area contributed by atoms with Gasteiger partial charge in [0.05, 0.1) is 22.4 Å². The van der Waals surface area contributed by atoms with Crippen LogP contribution in [0.5, 0.6) is 0 Å². The van der Waals surface area contributed by atoms with Gasteiger partial charge in [-0.1, -0.05) is 29.3 Å². The van der Waals surface area contributed by atoms with Crippen molar-refractivity contribution in [3.8, 4) is 0 Å². The lowest BCUT2D eigenvalue weighted by atomic mass is 10.0. The Balaban J connectivity index is 1.35. The number of para-hydroxylation sites is 1. The van der Waals surface area contributed by atoms with Crippen molar-refractivity contribution in [2.45, 2.75) is 25.7 Å². The lowest BCUT2D eigenvalue weighted by Gasteiger charge is -2.35. The van der Waals surface area contributed by atoms with Crippen LogP contribution in [0.4, 0.5) is 37.6 Å². The van der Waals surface area contributed by atoms with E-state index in [0.29, 0.717) is 46.2 Å². The molecule has 1 amide bonds. The first-order valence-electron chi connectivity index (χ1n) is 11.5. The third-order valence-corrected chi connectivity index (χ3v) is 7.07. The summed E-state index contributed by atoms with van der Waals surface area (Å²) in [5.74, 6) is -2.06. The largest absolute Gasteiger partial charge is 0.371 e. The smallest absolute Gasteiger partial charge is 0.265 e. The van der Waals surface area contributed by atoms with E-state index in [9.17, 15) is 13.6 Å². The van der Waals surface area contributed by atoms with Gasteiger partial charge in [0, 0.05) is 50.6 Å². The molecule has 1 fully saturated rings. The maximum atomic E-state index is 13.5. The van der Waals surface area contributed by atoms with Gasteiger partial charge in [0.2, 0.25) is 5.95 Å². The lowest BCUT2D eigenvalue weighted by Crippen LogP contribution is -2.46. The predicted octanol–water partition coefficient (Wildman–Crippen LogP) is 6.13. The number of hydrogen-bond acceptors (Lipinski definition) is 6. The Morgan fingerprint density at radius 3 is 2.44 bits per heavy atom. The summed E-state index contributed by atoms with van der Waals surface area (Å²) in [5, 5.41) is 3.94. The summed E-state index contributed by atoms with van der Waals surface area (Å²) < 4.78 is 27.1. The molecule has 11 heteroatoms. The zero-order valence-electron chi connectivity index (χ0n) is 19.7. The van der Waals surface area contributed by atoms with Crippen LogP contribution >= 0.6 is 23.2 Å². The molecule has 0 spiro atoms. The summed E-state index contributed by atoms with van der Waals surface area (Å²) in [6.45, 7) is 2.81. The Morgan fingerprint density at radius 2 is 1.78 bits per heavy atom. The molecule has 0 radical (unpaired) electrons. The Labute approximate surface area is 217 Å². The number of aromatic nitrogens is 2. The fourth-order valence-corrected chi connectivity index (χ4v) is 5.18. The first kappa shape index (κ1) is 24.5. The van der Waals surface area contributed by atoms with Gasteiger partial charge in [0.25, 0.3) is 11.8 Å². The van der Waals surface area contributed by atoms with Crippen molar-refractivity contribution < 1.29 is 13.6 Å². The number of halogens is 4. The van der Waals surface area contributed by atoms with Crippen LogP contribution < -0.4 is 20.0 Å². The summed E-state index contributed by atoms with van der Waals surface area (Å²) >= 11 is 12.7. The lowest BCUT2D eigenvalue weighted by molar-refractivity contribution is -0.0220. The molecule has 2 aliphatic heterocycles. The van der Waals surface area contributed by atoms with E-state index in [2.05, 4.69) is 15.3 Å². The molecular formula is C25H24Cl2F2N6O. The SMILES string of the molecule is Cc1cc(Nc2ncc3c(n2)N(C)CN(c2c(Cl)cccc2Cl)C3=O)ccc1N1CCC(F)(F)CC1. The van der Waals surface area contributed by atoms with Crippen LogP contribution in [0, 0.1) is 6.92 Å². The van der Waals surface area contributed by atoms with E-state index < -0.39 is 5.92 Å². The quantitative estimate of drug-likeness (QED) is 0.436. The molecule has 3 heterocycles. The number of carbonyl (C=O) groups is 1. The van der Waals surface area contributed by atoms with Crippen LogP contribution in [0.25, 0.3) is 0 Å². The molecular weight excluding hydrogens is 509 g/mol. The number of carbonyl (C=O) groups excluding carboxylic acids is 1. The Bertz CT molecular complexity index is 1310. The number of benzene rings is 2. The van der Waals surface area contributed by atoms with Gasteiger partial charge in [-0.05, 0) is 42.8 Å². The van der Waals surface area contributed by atoms with Crippen LogP contribution in [0.3, 0.4) is 0 Å². The highest BCUT2D eigenvalue weighted by Gasteiger charge is 2.35. The monoisotopic (exact) mass is 532 g/mol. The van der Waals surface area contributed by atoms with E-state index in [1.54, 1.807) is 18.2 Å². The average molecular weight is 533 g/mol. The maximum Gasteiger partial charge on any atom is 0.265 e. The van der Waals surface area contributed by atoms with E-state index in [1.807, 2.05) is 42.0 Å². The third-order valence-electron chi connectivity index (χ3n) is 6.46. The first-order valence-corrected chi connectivity index (χ1v) is 12.2. The summed E-state index contributed by atoms with van der Waals surface area (Å²) in [7, 11) is 1.82. The number of amides is 1. The first-order chi connectivity index (χ1) is 17.1. The van der Waals surface area contributed by atoms with Crippen molar-refractivity contribution in [3.05, 3.63) is 63.8 Å². The molecule has 1 saturated heterocycles. The highest BCUT2D eigenvalue weighted by molar-refractivity contribution is 6.40. The van der Waals surface area contributed by atoms with E-state index in [0.717, 1.165) is 16.9 Å². The highest BCUT2D eigenvalue weighted by Crippen LogP contribution is 2.38. The summed E-state index contributed by atoms with van der Waals surface area (Å²) in [6, 6.07) is 10.8. The molecule has 0 atom stereocenters. The van der Waals surface area contributed by atoms with E-state index in [1.165, 1.54) is 11.1 Å². The van der Waals surface area contributed by atoms with Crippen LogP contribution in [0.2, 0.25) is 10.0 Å². The second kappa shape index (κ2) is 9.37. The minimum Gasteiger partial charge on any atom is -0.371 e. The molecule has 36 heavy (non-hydrogen) atoms. The maximum absolute atomic E-state index is 13.5. The minimum absolute atomic E-state index is 0.137. The molecule has 2 aromatic carbocycles. The van der Waals surface area contributed by atoms with E-state index in [4.69, 9.17) is 23.2 Å². The highest BCUT2D eigenvalue weighted by atomic mass is 35.5. The van der Waals surface area contributed by atoms with Gasteiger partial charge in [0.1, 0.15) is 11.4 Å². The standard InChI is InChI=1S/C25H24Cl2F2N6O/c1-15-12-16(6-7-20(15)34-10-8-25(28,29)9-11-34)31-24-30-13-17-22(32-24)33(2)14-35(23(17)36)21-18(26)4-3-5-19(21)27/h3-7,12-13H,8-11,14H2,1-2H3,(H,30,31,32). The van der Waals surface area contributed by atoms with Crippen molar-refractivity contribution in [1.82, 2.24) is 9.97 Å². The van der Waals surface area contributed by atoms with Gasteiger partial charge in [0.15, 0.2) is 0 Å². The number of piperidine rings is 1. The van der Waals surface area contributed by atoms with E-state index in [-0.39, 0.29) is 25.4 Å². The van der Waals surface area contributed by atoms with Gasteiger partial charge in [-0.15, -0.1) is 0 Å². The van der Waals surface area contributed by atoms with Gasteiger partial charge in [-0.25, -0.2) is 13.8 Å². The van der Waals surface area contributed by atoms with Crippen LogP contribution in [0.1, 0.15) is 28.8 Å². The minimum atomic E-state index is -2.58. The molecule has 0 unspecified atom stereocenters. The molecule has 1 N–H and O–H groups in total. The zero-order chi connectivity index (χ0) is 25.6. The number of nitrogens with zero attached hydrogens (tertiary/aromatic N) is 5. The van der Waals surface area contributed by atoms with Crippen LogP contribution in [-0.4, -0.2) is 48.6 Å². The normalized spacial score (nSPS) is 17.3. The number of aryl methyl sites for hydroxylation is 1. The van der Waals surface area contributed by atoms with Gasteiger partial charge >= 0.3 is 0 Å². The fourth-order valence-electron chi connectivity index (χ4n) is 4.57. The van der Waals surface area contributed by atoms with Crippen molar-refractivity contribution in [3.63, 3.8) is 0 Å². The molecule has 1 aromatic heterocycles. The molecule has 0 bridgehead atoms. The molecule has 2 aliphatic rings. The van der Waals surface area contributed by atoms with Crippen molar-refractivity contribution in [2.75, 3.05) is 46.8 Å². The van der Waals surface area contributed by atoms with Crippen molar-refractivity contribution >= 4 is 57.9 Å². The van der Waals surface area contributed by atoms with Crippen molar-refractivity contribution in [1.29, 1.82) is 0 Å². The molecule has 7 nitrogen and oxygen atoms in total. The second-order valence-corrected chi connectivity index (χ2v) is 9.86. The number of anilines is 5. The van der Waals surface area contributed by atoms with Gasteiger partial charge in [-0.2, -0.15) is 4.98 Å². The Kier molecular flexibility index (Phi) is 6.38. The number of nitrogens with one attached hydrogen (secondary N) is 1. The van der Waals surface area contributed by atoms with Gasteiger partial charge < -0.3 is 15.1 Å². The number of fused-ring (bicyclic) bond motifs is 1. The zero-order valence-corrected chi connectivity index (χ0v) is 21.2. The topological polar surface area (TPSA) is 64.6 Å². The van der Waals surface area contributed by atoms with E-state index >= 15 is 0 Å². The fraction of sp³-hybridized carbons (Fsp3) is 0.320. The molecule has 3 aromatic rings. The Hall–Kier alpha value is -3.17. The van der Waals surface area contributed by atoms with Crippen LogP contribution in [-0.2, 0) is 0 Å². The number of hydrogen-bond donors (Lipinski definition) is 1. The Morgan fingerprint density at radius 1 is 1.08 bits per heavy atom. The third kappa shape index (κ3) is 4.65. The van der Waals surface area contributed by atoms with Crippen molar-refractivity contribution in [2.24, 2.45) is 0 Å². The predicted molar refractivity (Wildman–Crippen MR) is 139 cm³/mol. The number of alkyl halides is 2. The van der Waals surface area contributed by atoms with Gasteiger partial charge in [-0.3, -0.25) is 9.69 Å². The molecule has 5 rings (SSSR count). The summed E-state index contributed by atoms with van der Waals surface area (Å²) in [4.78, 5) is 27.5. The number of rotatable bonds is 4. The average Bonchev–Trinajstić information content (AvgIpc) is 2.82. The molecule has 0 saturated carbocycles. The second-order valence-electron chi connectivity index (χ2n) is 9.04. The van der Waals surface area contributed by atoms with Crippen LogP contribution in [0.15, 0.2) is 42.6 Å². The summed E-state index contributed by atoms with van der Waals surface area (Å²) in [5.41, 5.74) is 3.43. The molecule has 188 valence electrons. The summed E-state index contributed by atoms with van der Waals surface area (Å²) in [6.07, 6.45) is 1.21. The molecule has 0 aliphatic carbocycles.